The predicted octanol–water partition coefficient (Wildman–Crippen LogP) is 5.88. The zero-order valence-corrected chi connectivity index (χ0v) is 19.6. The zero-order valence-electron chi connectivity index (χ0n) is 18.8. The summed E-state index contributed by atoms with van der Waals surface area (Å²) >= 11 is 1.21. The molecule has 0 bridgehead atoms. The molecule has 1 amide bonds. The maximum Gasteiger partial charge on any atom is 0.341 e. The SMILES string of the molecule is CCOC(=O)c1c(-c2ccc(C)cc2)csc1NC(=O)c1cc(=O)c2ccc(C)c(C)c2o1. The van der Waals surface area contributed by atoms with Crippen LogP contribution in [-0.2, 0) is 4.74 Å². The summed E-state index contributed by atoms with van der Waals surface area (Å²) in [5.74, 6) is -1.27. The highest BCUT2D eigenvalue weighted by atomic mass is 32.1. The number of anilines is 1. The van der Waals surface area contributed by atoms with Crippen molar-refractivity contribution in [3.8, 4) is 11.1 Å². The second kappa shape index (κ2) is 9.03. The number of carbonyl (C=O) groups is 2. The third-order valence-corrected chi connectivity index (χ3v) is 6.40. The standard InChI is InChI=1S/C26H23NO5S/c1-5-31-26(30)22-19(17-9-6-14(2)7-10-17)13-33-25(22)27-24(29)21-12-20(28)18-11-8-15(3)16(4)23(18)32-21/h6-13H,5H2,1-4H3,(H,27,29). The molecule has 0 aliphatic rings. The highest BCUT2D eigenvalue weighted by Gasteiger charge is 2.24. The van der Waals surface area contributed by atoms with Crippen LogP contribution in [0.25, 0.3) is 22.1 Å². The number of rotatable bonds is 5. The van der Waals surface area contributed by atoms with E-state index in [-0.39, 0.29) is 23.4 Å². The van der Waals surface area contributed by atoms with Crippen LogP contribution in [0, 0.1) is 20.8 Å². The Hall–Kier alpha value is -3.71. The van der Waals surface area contributed by atoms with Crippen molar-refractivity contribution in [3.63, 3.8) is 0 Å². The third kappa shape index (κ3) is 4.32. The number of thiophene rings is 1. The van der Waals surface area contributed by atoms with Crippen LogP contribution >= 0.6 is 11.3 Å². The number of carbonyl (C=O) groups excluding carboxylic acids is 2. The molecule has 1 N–H and O–H groups in total. The summed E-state index contributed by atoms with van der Waals surface area (Å²) < 4.78 is 11.1. The molecule has 2 heterocycles. The normalized spacial score (nSPS) is 10.9. The summed E-state index contributed by atoms with van der Waals surface area (Å²) in [4.78, 5) is 38.4. The van der Waals surface area contributed by atoms with Crippen LogP contribution in [0.15, 0.2) is 57.1 Å². The fourth-order valence-electron chi connectivity index (χ4n) is 3.53. The van der Waals surface area contributed by atoms with Crippen LogP contribution in [0.2, 0.25) is 0 Å². The third-order valence-electron chi connectivity index (χ3n) is 5.50. The Morgan fingerprint density at radius 2 is 1.79 bits per heavy atom. The molecule has 0 saturated carbocycles. The number of fused-ring (bicyclic) bond motifs is 1. The molecule has 7 heteroatoms. The molecular formula is C26H23NO5S. The zero-order chi connectivity index (χ0) is 23.7. The van der Waals surface area contributed by atoms with E-state index in [4.69, 9.17) is 9.15 Å². The van der Waals surface area contributed by atoms with E-state index in [9.17, 15) is 14.4 Å². The van der Waals surface area contributed by atoms with Crippen LogP contribution in [-0.4, -0.2) is 18.5 Å². The van der Waals surface area contributed by atoms with E-state index in [1.807, 2.05) is 51.1 Å². The highest BCUT2D eigenvalue weighted by molar-refractivity contribution is 7.15. The van der Waals surface area contributed by atoms with Crippen molar-refractivity contribution in [1.82, 2.24) is 0 Å². The van der Waals surface area contributed by atoms with Gasteiger partial charge in [0.1, 0.15) is 16.1 Å². The van der Waals surface area contributed by atoms with Gasteiger partial charge in [0.15, 0.2) is 11.2 Å². The smallest absolute Gasteiger partial charge is 0.341 e. The van der Waals surface area contributed by atoms with Gasteiger partial charge in [-0.25, -0.2) is 4.79 Å². The number of aryl methyl sites for hydroxylation is 3. The molecule has 168 valence electrons. The van der Waals surface area contributed by atoms with E-state index in [0.29, 0.717) is 21.5 Å². The van der Waals surface area contributed by atoms with Gasteiger partial charge in [0.05, 0.1) is 12.0 Å². The average molecular weight is 462 g/mol. The Bertz CT molecular complexity index is 1430. The van der Waals surface area contributed by atoms with Gasteiger partial charge in [-0.1, -0.05) is 35.9 Å². The molecule has 0 atom stereocenters. The monoisotopic (exact) mass is 461 g/mol. The van der Waals surface area contributed by atoms with Crippen LogP contribution in [0.1, 0.15) is 44.5 Å². The van der Waals surface area contributed by atoms with Gasteiger partial charge in [0, 0.05) is 17.0 Å². The first-order valence-corrected chi connectivity index (χ1v) is 11.4. The van der Waals surface area contributed by atoms with Crippen LogP contribution in [0.4, 0.5) is 5.00 Å². The Morgan fingerprint density at radius 3 is 2.48 bits per heavy atom. The van der Waals surface area contributed by atoms with Gasteiger partial charge in [0.25, 0.3) is 5.91 Å². The Balaban J connectivity index is 1.75. The summed E-state index contributed by atoms with van der Waals surface area (Å²) in [6.45, 7) is 7.66. The van der Waals surface area contributed by atoms with Gasteiger partial charge >= 0.3 is 5.97 Å². The average Bonchev–Trinajstić information content (AvgIpc) is 3.20. The summed E-state index contributed by atoms with van der Waals surface area (Å²) in [5.41, 5.74) is 4.69. The molecule has 6 nitrogen and oxygen atoms in total. The highest BCUT2D eigenvalue weighted by Crippen LogP contribution is 2.36. The number of ether oxygens (including phenoxy) is 1. The fourth-order valence-corrected chi connectivity index (χ4v) is 4.48. The molecule has 0 radical (unpaired) electrons. The summed E-state index contributed by atoms with van der Waals surface area (Å²) in [5, 5.41) is 5.29. The molecule has 0 unspecified atom stereocenters. The molecule has 0 aliphatic heterocycles. The second-order valence-electron chi connectivity index (χ2n) is 7.75. The first-order valence-electron chi connectivity index (χ1n) is 10.5. The molecule has 0 saturated heterocycles. The lowest BCUT2D eigenvalue weighted by Gasteiger charge is -2.10. The molecule has 2 aromatic heterocycles. The Labute approximate surface area is 194 Å². The van der Waals surface area contributed by atoms with Crippen LogP contribution < -0.4 is 10.7 Å². The van der Waals surface area contributed by atoms with Gasteiger partial charge in [0.2, 0.25) is 0 Å². The lowest BCUT2D eigenvalue weighted by atomic mass is 10.0. The van der Waals surface area contributed by atoms with Crippen LogP contribution in [0.3, 0.4) is 0 Å². The molecule has 33 heavy (non-hydrogen) atoms. The van der Waals surface area contributed by atoms with Crippen molar-refractivity contribution in [2.45, 2.75) is 27.7 Å². The minimum absolute atomic E-state index is 0.124. The minimum atomic E-state index is -0.613. The Morgan fingerprint density at radius 1 is 1.06 bits per heavy atom. The first kappa shape index (κ1) is 22.5. The van der Waals surface area contributed by atoms with Crippen molar-refractivity contribution in [1.29, 1.82) is 0 Å². The van der Waals surface area contributed by atoms with E-state index >= 15 is 0 Å². The van der Waals surface area contributed by atoms with Gasteiger partial charge in [-0.2, -0.15) is 0 Å². The molecule has 4 rings (SSSR count). The van der Waals surface area contributed by atoms with E-state index in [2.05, 4.69) is 5.32 Å². The number of amides is 1. The van der Waals surface area contributed by atoms with E-state index in [0.717, 1.165) is 22.3 Å². The lowest BCUT2D eigenvalue weighted by Crippen LogP contribution is -2.17. The van der Waals surface area contributed by atoms with E-state index < -0.39 is 11.9 Å². The van der Waals surface area contributed by atoms with Crippen molar-refractivity contribution >= 4 is 39.2 Å². The maximum atomic E-state index is 13.0. The number of nitrogens with one attached hydrogen (secondary N) is 1. The van der Waals surface area contributed by atoms with Crippen LogP contribution in [0.5, 0.6) is 0 Å². The molecule has 2 aromatic carbocycles. The first-order chi connectivity index (χ1) is 15.8. The number of hydrogen-bond acceptors (Lipinski definition) is 6. The molecule has 0 fully saturated rings. The maximum absolute atomic E-state index is 13.0. The summed E-state index contributed by atoms with van der Waals surface area (Å²) in [7, 11) is 0. The number of hydrogen-bond donors (Lipinski definition) is 1. The molecule has 4 aromatic rings. The van der Waals surface area contributed by atoms with Gasteiger partial charge in [-0.05, 0) is 50.5 Å². The molecule has 0 aliphatic carbocycles. The Kier molecular flexibility index (Phi) is 6.16. The van der Waals surface area contributed by atoms with Gasteiger partial charge in [-0.15, -0.1) is 11.3 Å². The lowest BCUT2D eigenvalue weighted by molar-refractivity contribution is 0.0529. The van der Waals surface area contributed by atoms with Crippen molar-refractivity contribution in [3.05, 3.63) is 86.1 Å². The van der Waals surface area contributed by atoms with Gasteiger partial charge in [-0.3, -0.25) is 9.59 Å². The van der Waals surface area contributed by atoms with Crippen molar-refractivity contribution < 1.29 is 18.7 Å². The number of benzene rings is 2. The summed E-state index contributed by atoms with van der Waals surface area (Å²) in [6.07, 6.45) is 0. The fraction of sp³-hybridized carbons (Fsp3) is 0.192. The second-order valence-corrected chi connectivity index (χ2v) is 8.63. The summed E-state index contributed by atoms with van der Waals surface area (Å²) in [6, 6.07) is 12.4. The van der Waals surface area contributed by atoms with E-state index in [1.54, 1.807) is 18.4 Å². The van der Waals surface area contributed by atoms with E-state index in [1.165, 1.54) is 17.4 Å². The van der Waals surface area contributed by atoms with Crippen molar-refractivity contribution in [2.24, 2.45) is 0 Å². The quantitative estimate of drug-likeness (QED) is 0.375. The minimum Gasteiger partial charge on any atom is -0.462 e. The topological polar surface area (TPSA) is 85.6 Å². The number of esters is 1. The molecule has 0 spiro atoms. The van der Waals surface area contributed by atoms with Crippen molar-refractivity contribution in [2.75, 3.05) is 11.9 Å². The largest absolute Gasteiger partial charge is 0.462 e. The molecular weight excluding hydrogens is 438 g/mol. The predicted molar refractivity (Wildman–Crippen MR) is 130 cm³/mol. The van der Waals surface area contributed by atoms with Gasteiger partial charge < -0.3 is 14.5 Å².